The first-order valence-electron chi connectivity index (χ1n) is 33.6. The Morgan fingerprint density at radius 3 is 0.819 bits per heavy atom. The molecule has 0 radical (unpaired) electrons. The predicted octanol–water partition coefficient (Wildman–Crippen LogP) is 17.8. The van der Waals surface area contributed by atoms with Crippen molar-refractivity contribution < 1.29 is 80.2 Å². The van der Waals surface area contributed by atoms with E-state index >= 15 is 0 Å². The summed E-state index contributed by atoms with van der Waals surface area (Å²) in [7, 11) is -9.88. The van der Waals surface area contributed by atoms with Gasteiger partial charge in [0, 0.05) is 25.7 Å². The van der Waals surface area contributed by atoms with Crippen LogP contribution < -0.4 is 0 Å². The van der Waals surface area contributed by atoms with Crippen molar-refractivity contribution in [1.29, 1.82) is 0 Å². The lowest BCUT2D eigenvalue weighted by atomic mass is 10.0. The fourth-order valence-corrected chi connectivity index (χ4v) is 11.2. The second-order valence-corrected chi connectivity index (χ2v) is 26.5. The fourth-order valence-electron chi connectivity index (χ4n) is 9.58. The van der Waals surface area contributed by atoms with Crippen molar-refractivity contribution in [2.75, 3.05) is 39.6 Å². The van der Waals surface area contributed by atoms with E-state index in [1.165, 1.54) is 135 Å². The molecule has 0 aliphatic rings. The molecule has 83 heavy (non-hydrogen) atoms. The van der Waals surface area contributed by atoms with Crippen LogP contribution in [0.4, 0.5) is 0 Å². The number of aliphatic hydroxyl groups excluding tert-OH is 1. The second kappa shape index (κ2) is 57.8. The number of phosphoric acid groups is 2. The number of phosphoric ester groups is 2. The van der Waals surface area contributed by atoms with Crippen LogP contribution in [0.15, 0.2) is 0 Å². The first-order valence-corrected chi connectivity index (χ1v) is 36.6. The van der Waals surface area contributed by atoms with Gasteiger partial charge in [0.25, 0.3) is 0 Å². The molecule has 0 bridgehead atoms. The van der Waals surface area contributed by atoms with Crippen LogP contribution in [0.5, 0.6) is 0 Å². The van der Waals surface area contributed by atoms with Gasteiger partial charge in [-0.15, -0.1) is 0 Å². The third kappa shape index (κ3) is 58.8. The number of carbonyl (C=O) groups is 4. The number of hydrogen-bond acceptors (Lipinski definition) is 15. The van der Waals surface area contributed by atoms with E-state index in [2.05, 4.69) is 34.6 Å². The van der Waals surface area contributed by atoms with E-state index < -0.39 is 97.5 Å². The molecular weight excluding hydrogens is 1100 g/mol. The summed E-state index contributed by atoms with van der Waals surface area (Å²) < 4.78 is 67.9. The third-order valence-electron chi connectivity index (χ3n) is 14.8. The number of unbranched alkanes of at least 4 members (excludes halogenated alkanes) is 36. The molecule has 0 aromatic carbocycles. The summed E-state index contributed by atoms with van der Waals surface area (Å²) in [6, 6.07) is 0. The van der Waals surface area contributed by atoms with Gasteiger partial charge < -0.3 is 33.8 Å². The Balaban J connectivity index is 5.20. The lowest BCUT2D eigenvalue weighted by molar-refractivity contribution is -0.161. The molecule has 0 saturated heterocycles. The number of aliphatic hydroxyl groups is 1. The molecule has 0 aromatic rings. The van der Waals surface area contributed by atoms with Crippen molar-refractivity contribution in [1.82, 2.24) is 0 Å². The average Bonchev–Trinajstić information content (AvgIpc) is 3.46. The Hall–Kier alpha value is -1.94. The number of esters is 4. The highest BCUT2D eigenvalue weighted by atomic mass is 31.2. The molecule has 0 heterocycles. The van der Waals surface area contributed by atoms with Crippen molar-refractivity contribution >= 4 is 39.5 Å². The van der Waals surface area contributed by atoms with Crippen LogP contribution in [0.25, 0.3) is 0 Å². The minimum absolute atomic E-state index is 0.106. The standard InChI is InChI=1S/C64H124O17P2/c1-6-9-12-15-18-20-24-29-33-38-43-48-62(67)75-54-60(81-64(69)50-45-40-35-30-26-23-22-25-27-32-36-41-46-57(4)5)56-79-83(72,73)77-52-58(65)51-76-82(70,71)78-55-59(53-74-61(66)47-42-37-31-17-14-11-8-3)80-63(68)49-44-39-34-28-21-19-16-13-10-7-2/h57-60,65H,6-56H2,1-5H3,(H,70,71)(H,72,73)/t58-,59+,60+/m0/s1. The first-order chi connectivity index (χ1) is 40.0. The maximum atomic E-state index is 13.0. The highest BCUT2D eigenvalue weighted by Gasteiger charge is 2.30. The normalized spacial score (nSPS) is 14.2. The van der Waals surface area contributed by atoms with Crippen LogP contribution in [-0.4, -0.2) is 96.7 Å². The van der Waals surface area contributed by atoms with Gasteiger partial charge >= 0.3 is 39.5 Å². The largest absolute Gasteiger partial charge is 0.472 e. The van der Waals surface area contributed by atoms with E-state index in [4.69, 9.17) is 37.0 Å². The van der Waals surface area contributed by atoms with Crippen LogP contribution in [0.1, 0.15) is 324 Å². The fraction of sp³-hybridized carbons (Fsp3) is 0.938. The quantitative estimate of drug-likeness (QED) is 0.0222. The second-order valence-electron chi connectivity index (χ2n) is 23.6. The maximum Gasteiger partial charge on any atom is 0.472 e. The van der Waals surface area contributed by atoms with Gasteiger partial charge in [0.15, 0.2) is 12.2 Å². The van der Waals surface area contributed by atoms with Crippen molar-refractivity contribution in [2.45, 2.75) is 342 Å². The van der Waals surface area contributed by atoms with E-state index in [-0.39, 0.29) is 25.7 Å². The van der Waals surface area contributed by atoms with E-state index in [0.29, 0.717) is 25.7 Å². The molecule has 2 unspecified atom stereocenters. The van der Waals surface area contributed by atoms with Gasteiger partial charge in [0.2, 0.25) is 0 Å². The molecule has 0 amide bonds. The number of hydrogen-bond donors (Lipinski definition) is 3. The summed E-state index contributed by atoms with van der Waals surface area (Å²) in [6.45, 7) is 7.16. The van der Waals surface area contributed by atoms with Crippen molar-refractivity contribution in [2.24, 2.45) is 5.92 Å². The van der Waals surface area contributed by atoms with Crippen molar-refractivity contribution in [3.63, 3.8) is 0 Å². The Labute approximate surface area is 505 Å². The SMILES string of the molecule is CCCCCCCCCCCCCC(=O)OC[C@H](COP(=O)(O)OC[C@@H](O)COP(=O)(O)OC[C@@H](COC(=O)CCCCCCCCC)OC(=O)CCCCCCCCCCCC)OC(=O)CCCCCCCCCCCCCCC(C)C. The highest BCUT2D eigenvalue weighted by Crippen LogP contribution is 2.45. The first kappa shape index (κ1) is 81.1. The summed E-state index contributed by atoms with van der Waals surface area (Å²) >= 11 is 0. The summed E-state index contributed by atoms with van der Waals surface area (Å²) in [5.74, 6) is -1.36. The van der Waals surface area contributed by atoms with E-state index in [1.807, 2.05) is 0 Å². The van der Waals surface area contributed by atoms with Crippen LogP contribution in [0, 0.1) is 5.92 Å². The molecule has 0 rings (SSSR count). The lowest BCUT2D eigenvalue weighted by Gasteiger charge is -2.21. The molecule has 492 valence electrons. The summed E-state index contributed by atoms with van der Waals surface area (Å²) in [6.07, 6.45) is 41.7. The van der Waals surface area contributed by atoms with Gasteiger partial charge in [-0.05, 0) is 31.6 Å². The highest BCUT2D eigenvalue weighted by molar-refractivity contribution is 7.47. The molecule has 0 aromatic heterocycles. The molecule has 19 heteroatoms. The van der Waals surface area contributed by atoms with Gasteiger partial charge in [-0.3, -0.25) is 37.3 Å². The van der Waals surface area contributed by atoms with Gasteiger partial charge in [-0.1, -0.05) is 272 Å². The van der Waals surface area contributed by atoms with Crippen LogP contribution >= 0.6 is 15.6 Å². The lowest BCUT2D eigenvalue weighted by Crippen LogP contribution is -2.30. The molecular formula is C64H124O17P2. The van der Waals surface area contributed by atoms with Gasteiger partial charge in [0.05, 0.1) is 26.4 Å². The molecule has 0 fully saturated rings. The van der Waals surface area contributed by atoms with E-state index in [9.17, 15) is 43.2 Å². The Kier molecular flexibility index (Phi) is 56.4. The van der Waals surface area contributed by atoms with Crippen LogP contribution in [0.2, 0.25) is 0 Å². The molecule has 3 N–H and O–H groups in total. The minimum Gasteiger partial charge on any atom is -0.462 e. The zero-order valence-corrected chi connectivity index (χ0v) is 55.1. The number of carbonyl (C=O) groups excluding carboxylic acids is 4. The average molecular weight is 1230 g/mol. The zero-order valence-electron chi connectivity index (χ0n) is 53.3. The van der Waals surface area contributed by atoms with E-state index in [1.54, 1.807) is 0 Å². The maximum absolute atomic E-state index is 13.0. The molecule has 0 spiro atoms. The number of ether oxygens (including phenoxy) is 4. The Morgan fingerprint density at radius 1 is 0.325 bits per heavy atom. The van der Waals surface area contributed by atoms with Gasteiger partial charge in [0.1, 0.15) is 19.3 Å². The third-order valence-corrected chi connectivity index (χ3v) is 16.7. The van der Waals surface area contributed by atoms with E-state index in [0.717, 1.165) is 109 Å². The smallest absolute Gasteiger partial charge is 0.462 e. The van der Waals surface area contributed by atoms with Gasteiger partial charge in [-0.2, -0.15) is 0 Å². The summed E-state index contributed by atoms with van der Waals surface area (Å²) in [5, 5.41) is 10.5. The minimum atomic E-state index is -4.94. The van der Waals surface area contributed by atoms with Crippen molar-refractivity contribution in [3.05, 3.63) is 0 Å². The molecule has 0 aliphatic carbocycles. The molecule has 5 atom stereocenters. The van der Waals surface area contributed by atoms with Gasteiger partial charge in [-0.25, -0.2) is 9.13 Å². The Morgan fingerprint density at radius 2 is 0.554 bits per heavy atom. The van der Waals surface area contributed by atoms with Crippen molar-refractivity contribution in [3.8, 4) is 0 Å². The summed E-state index contributed by atoms with van der Waals surface area (Å²) in [4.78, 5) is 72.1. The molecule has 17 nitrogen and oxygen atoms in total. The van der Waals surface area contributed by atoms with Crippen LogP contribution in [-0.2, 0) is 65.4 Å². The topological polar surface area (TPSA) is 237 Å². The zero-order chi connectivity index (χ0) is 61.3. The predicted molar refractivity (Wildman–Crippen MR) is 331 cm³/mol. The Bertz CT molecular complexity index is 1620. The number of rotatable bonds is 64. The monoisotopic (exact) mass is 1230 g/mol. The van der Waals surface area contributed by atoms with Crippen LogP contribution in [0.3, 0.4) is 0 Å². The molecule has 0 saturated carbocycles. The summed E-state index contributed by atoms with van der Waals surface area (Å²) in [5.41, 5.74) is 0. The molecule has 0 aliphatic heterocycles.